The normalized spacial score (nSPS) is 21.8. The summed E-state index contributed by atoms with van der Waals surface area (Å²) in [5, 5.41) is 5.62. The van der Waals surface area contributed by atoms with Crippen molar-refractivity contribution in [2.24, 2.45) is 7.05 Å². The minimum atomic E-state index is 0.845. The Balaban J connectivity index is 1.44. The molecule has 0 amide bonds. The number of aromatic nitrogens is 3. The molecule has 4 rings (SSSR count). The quantitative estimate of drug-likeness (QED) is 0.853. The van der Waals surface area contributed by atoms with Crippen LogP contribution < -0.4 is 4.90 Å². The van der Waals surface area contributed by atoms with Crippen molar-refractivity contribution in [2.75, 3.05) is 31.1 Å². The Kier molecular flexibility index (Phi) is 3.82. The lowest BCUT2D eigenvalue weighted by atomic mass is 9.94. The van der Waals surface area contributed by atoms with Crippen LogP contribution in [0.1, 0.15) is 37.8 Å². The van der Waals surface area contributed by atoms with Gasteiger partial charge in [0.25, 0.3) is 0 Å². The van der Waals surface area contributed by atoms with Gasteiger partial charge in [-0.3, -0.25) is 4.90 Å². The van der Waals surface area contributed by atoms with E-state index in [-0.39, 0.29) is 0 Å². The first-order chi connectivity index (χ1) is 10.7. The molecule has 1 aliphatic heterocycles. The lowest BCUT2D eigenvalue weighted by Crippen LogP contribution is -2.50. The van der Waals surface area contributed by atoms with Crippen molar-refractivity contribution in [1.82, 2.24) is 19.7 Å². The van der Waals surface area contributed by atoms with Crippen molar-refractivity contribution in [3.05, 3.63) is 5.69 Å². The van der Waals surface area contributed by atoms with Crippen LogP contribution in [0.5, 0.6) is 0 Å². The van der Waals surface area contributed by atoms with E-state index in [0.29, 0.717) is 0 Å². The van der Waals surface area contributed by atoms with E-state index in [1.807, 2.05) is 11.7 Å². The van der Waals surface area contributed by atoms with E-state index in [0.717, 1.165) is 30.5 Å². The van der Waals surface area contributed by atoms with Crippen molar-refractivity contribution >= 4 is 26.8 Å². The number of piperazine rings is 1. The second kappa shape index (κ2) is 5.81. The number of fused-ring (bicyclic) bond motifs is 1. The van der Waals surface area contributed by atoms with E-state index in [2.05, 4.69) is 21.8 Å². The third-order valence-corrected chi connectivity index (χ3v) is 6.42. The van der Waals surface area contributed by atoms with Crippen LogP contribution >= 0.6 is 11.3 Å². The molecule has 5 nitrogen and oxygen atoms in total. The highest BCUT2D eigenvalue weighted by Crippen LogP contribution is 2.32. The molecule has 6 heteroatoms. The largest absolute Gasteiger partial charge is 0.345 e. The Morgan fingerprint density at radius 3 is 2.45 bits per heavy atom. The summed E-state index contributed by atoms with van der Waals surface area (Å²) >= 11 is 1.80. The highest BCUT2D eigenvalue weighted by atomic mass is 32.1. The molecular weight excluding hydrogens is 294 g/mol. The molecule has 1 saturated heterocycles. The molecule has 2 aromatic rings. The van der Waals surface area contributed by atoms with E-state index in [1.165, 1.54) is 55.0 Å². The van der Waals surface area contributed by atoms with Crippen molar-refractivity contribution in [3.8, 4) is 0 Å². The molecule has 120 valence electrons. The van der Waals surface area contributed by atoms with Crippen LogP contribution in [-0.4, -0.2) is 51.9 Å². The Labute approximate surface area is 135 Å². The van der Waals surface area contributed by atoms with Gasteiger partial charge in [-0.2, -0.15) is 5.10 Å². The van der Waals surface area contributed by atoms with Gasteiger partial charge in [-0.05, 0) is 19.8 Å². The van der Waals surface area contributed by atoms with E-state index < -0.39 is 0 Å². The molecule has 1 aliphatic carbocycles. The first-order valence-electron chi connectivity index (χ1n) is 8.51. The average molecular weight is 319 g/mol. The molecule has 2 aliphatic rings. The SMILES string of the molecule is Cc1nn(C)c2nc(N3CCN(C4CCCCC4)CC3)sc12. The Morgan fingerprint density at radius 2 is 1.77 bits per heavy atom. The second-order valence-corrected chi connectivity index (χ2v) is 7.65. The fourth-order valence-electron chi connectivity index (χ4n) is 3.93. The van der Waals surface area contributed by atoms with Gasteiger partial charge in [-0.25, -0.2) is 9.67 Å². The Morgan fingerprint density at radius 1 is 1.05 bits per heavy atom. The van der Waals surface area contributed by atoms with Crippen LogP contribution in [0.2, 0.25) is 0 Å². The number of aryl methyl sites for hydroxylation is 2. The summed E-state index contributed by atoms with van der Waals surface area (Å²) in [5.74, 6) is 0. The maximum Gasteiger partial charge on any atom is 0.188 e. The predicted molar refractivity (Wildman–Crippen MR) is 91.8 cm³/mol. The van der Waals surface area contributed by atoms with Crippen LogP contribution in [0.3, 0.4) is 0 Å². The lowest BCUT2D eigenvalue weighted by Gasteiger charge is -2.40. The fraction of sp³-hybridized carbons (Fsp3) is 0.750. The van der Waals surface area contributed by atoms with Gasteiger partial charge < -0.3 is 4.90 Å². The Bertz CT molecular complexity index is 612. The maximum absolute atomic E-state index is 4.82. The number of hydrogen-bond donors (Lipinski definition) is 0. The van der Waals surface area contributed by atoms with Crippen molar-refractivity contribution < 1.29 is 0 Å². The van der Waals surface area contributed by atoms with Gasteiger partial charge in [-0.15, -0.1) is 0 Å². The van der Waals surface area contributed by atoms with Crippen LogP contribution in [0.15, 0.2) is 0 Å². The summed E-state index contributed by atoms with van der Waals surface area (Å²) in [4.78, 5) is 10.0. The summed E-state index contributed by atoms with van der Waals surface area (Å²) in [6.07, 6.45) is 7.11. The standard InChI is InChI=1S/C16H25N5S/c1-12-14-15(19(2)18-12)17-16(22-14)21-10-8-20(9-11-21)13-6-4-3-5-7-13/h13H,3-11H2,1-2H3. The van der Waals surface area contributed by atoms with Crippen LogP contribution in [-0.2, 0) is 7.05 Å². The minimum absolute atomic E-state index is 0.845. The zero-order chi connectivity index (χ0) is 15.1. The van der Waals surface area contributed by atoms with Crippen molar-refractivity contribution in [1.29, 1.82) is 0 Å². The average Bonchev–Trinajstić information content (AvgIpc) is 3.11. The maximum atomic E-state index is 4.82. The molecule has 2 aromatic heterocycles. The molecule has 0 unspecified atom stereocenters. The molecule has 2 fully saturated rings. The van der Waals surface area contributed by atoms with Crippen molar-refractivity contribution in [3.63, 3.8) is 0 Å². The van der Waals surface area contributed by atoms with Gasteiger partial charge in [0, 0.05) is 39.3 Å². The summed E-state index contributed by atoms with van der Waals surface area (Å²) in [6, 6.07) is 0.845. The topological polar surface area (TPSA) is 37.2 Å². The summed E-state index contributed by atoms with van der Waals surface area (Å²) in [5.41, 5.74) is 2.13. The zero-order valence-electron chi connectivity index (χ0n) is 13.6. The third kappa shape index (κ3) is 2.52. The van der Waals surface area contributed by atoms with Gasteiger partial charge >= 0.3 is 0 Å². The van der Waals surface area contributed by atoms with Gasteiger partial charge in [0.05, 0.1) is 10.4 Å². The first kappa shape index (κ1) is 14.5. The van der Waals surface area contributed by atoms with Gasteiger partial charge in [0.15, 0.2) is 10.8 Å². The Hall–Kier alpha value is -1.14. The molecule has 0 bridgehead atoms. The van der Waals surface area contributed by atoms with E-state index in [9.17, 15) is 0 Å². The highest BCUT2D eigenvalue weighted by Gasteiger charge is 2.26. The van der Waals surface area contributed by atoms with E-state index in [4.69, 9.17) is 4.98 Å². The third-order valence-electron chi connectivity index (χ3n) is 5.21. The number of thiazole rings is 1. The number of nitrogens with zero attached hydrogens (tertiary/aromatic N) is 5. The van der Waals surface area contributed by atoms with Gasteiger partial charge in [0.1, 0.15) is 0 Å². The monoisotopic (exact) mass is 319 g/mol. The van der Waals surface area contributed by atoms with Gasteiger partial charge in [-0.1, -0.05) is 30.6 Å². The predicted octanol–water partition coefficient (Wildman–Crippen LogP) is 2.79. The summed E-state index contributed by atoms with van der Waals surface area (Å²) in [7, 11) is 1.99. The molecule has 0 aromatic carbocycles. The van der Waals surface area contributed by atoms with E-state index >= 15 is 0 Å². The van der Waals surface area contributed by atoms with Crippen LogP contribution in [0.4, 0.5) is 5.13 Å². The molecule has 1 saturated carbocycles. The highest BCUT2D eigenvalue weighted by molar-refractivity contribution is 7.22. The molecule has 0 atom stereocenters. The first-order valence-corrected chi connectivity index (χ1v) is 9.33. The molecule has 3 heterocycles. The number of anilines is 1. The number of rotatable bonds is 2. The number of hydrogen-bond acceptors (Lipinski definition) is 5. The van der Waals surface area contributed by atoms with E-state index in [1.54, 1.807) is 11.3 Å². The molecule has 0 spiro atoms. The minimum Gasteiger partial charge on any atom is -0.345 e. The molecule has 0 radical (unpaired) electrons. The smallest absolute Gasteiger partial charge is 0.188 e. The summed E-state index contributed by atoms with van der Waals surface area (Å²) < 4.78 is 3.15. The second-order valence-electron chi connectivity index (χ2n) is 6.67. The van der Waals surface area contributed by atoms with Crippen molar-refractivity contribution in [2.45, 2.75) is 45.1 Å². The zero-order valence-corrected chi connectivity index (χ0v) is 14.4. The molecule has 0 N–H and O–H groups in total. The van der Waals surface area contributed by atoms with Crippen LogP contribution in [0.25, 0.3) is 10.3 Å². The van der Waals surface area contributed by atoms with Crippen LogP contribution in [0, 0.1) is 6.92 Å². The molecular formula is C16H25N5S. The molecule has 22 heavy (non-hydrogen) atoms. The lowest BCUT2D eigenvalue weighted by molar-refractivity contribution is 0.148. The fourth-order valence-corrected chi connectivity index (χ4v) is 5.02. The van der Waals surface area contributed by atoms with Gasteiger partial charge in [0.2, 0.25) is 0 Å². The summed E-state index contributed by atoms with van der Waals surface area (Å²) in [6.45, 7) is 6.69.